The Kier molecular flexibility index (Phi) is 4.71. The summed E-state index contributed by atoms with van der Waals surface area (Å²) >= 11 is 1.85. The van der Waals surface area contributed by atoms with Crippen molar-refractivity contribution in [1.82, 2.24) is 4.98 Å². The van der Waals surface area contributed by atoms with Gasteiger partial charge in [0, 0.05) is 26.6 Å². The van der Waals surface area contributed by atoms with E-state index in [2.05, 4.69) is 66.1 Å². The lowest BCUT2D eigenvalue weighted by Crippen LogP contribution is -2.24. The molecule has 6 heteroatoms. The van der Waals surface area contributed by atoms with Crippen molar-refractivity contribution < 1.29 is 8.42 Å². The van der Waals surface area contributed by atoms with Crippen molar-refractivity contribution in [2.75, 3.05) is 11.0 Å². The van der Waals surface area contributed by atoms with Gasteiger partial charge in [-0.15, -0.1) is 11.3 Å². The number of thiophene rings is 1. The smallest absolute Gasteiger partial charge is 0.229 e. The van der Waals surface area contributed by atoms with E-state index in [4.69, 9.17) is 0 Å². The van der Waals surface area contributed by atoms with Crippen molar-refractivity contribution in [2.24, 2.45) is 0 Å². The van der Waals surface area contributed by atoms with Crippen LogP contribution in [0.3, 0.4) is 0 Å². The Morgan fingerprint density at radius 1 is 1.07 bits per heavy atom. The van der Waals surface area contributed by atoms with Gasteiger partial charge in [0.15, 0.2) is 0 Å². The largest absolute Gasteiger partial charge is 0.359 e. The van der Waals surface area contributed by atoms with E-state index in [9.17, 15) is 8.42 Å². The van der Waals surface area contributed by atoms with Crippen LogP contribution in [0.15, 0.2) is 54.7 Å². The molecule has 4 rings (SSSR count). The number of hydrogen-bond acceptors (Lipinski definition) is 3. The summed E-state index contributed by atoms with van der Waals surface area (Å²) in [6, 6.07) is 16.6. The van der Waals surface area contributed by atoms with Crippen molar-refractivity contribution in [1.29, 1.82) is 0 Å². The number of nitrogens with one attached hydrogen (secondary N) is 2. The average molecular weight is 413 g/mol. The SMILES string of the molecule is CCC(CC)(c1cc2ccccc2s1)c1c[nH]c2c(NS(C)(=O)=O)cccc12. The minimum absolute atomic E-state index is 0.119. The normalized spacial score (nSPS) is 12.7. The molecular formula is C22H24N2O2S2. The van der Waals surface area contributed by atoms with Crippen LogP contribution >= 0.6 is 11.3 Å². The maximum absolute atomic E-state index is 11.8. The number of fused-ring (bicyclic) bond motifs is 2. The van der Waals surface area contributed by atoms with Gasteiger partial charge in [0.25, 0.3) is 0 Å². The average Bonchev–Trinajstić information content (AvgIpc) is 3.28. The van der Waals surface area contributed by atoms with Crippen LogP contribution in [0.5, 0.6) is 0 Å². The summed E-state index contributed by atoms with van der Waals surface area (Å²) in [6.45, 7) is 4.46. The molecule has 0 radical (unpaired) electrons. The molecule has 0 aliphatic rings. The van der Waals surface area contributed by atoms with Crippen molar-refractivity contribution in [3.63, 3.8) is 0 Å². The van der Waals surface area contributed by atoms with Gasteiger partial charge in [-0.3, -0.25) is 4.72 Å². The van der Waals surface area contributed by atoms with E-state index in [0.717, 1.165) is 23.7 Å². The predicted molar refractivity (Wildman–Crippen MR) is 120 cm³/mol. The summed E-state index contributed by atoms with van der Waals surface area (Å²) < 4.78 is 27.4. The molecule has 2 heterocycles. The minimum atomic E-state index is -3.34. The summed E-state index contributed by atoms with van der Waals surface area (Å²) in [4.78, 5) is 4.68. The topological polar surface area (TPSA) is 62.0 Å². The second-order valence-corrected chi connectivity index (χ2v) is 10.1. The van der Waals surface area contributed by atoms with E-state index >= 15 is 0 Å². The van der Waals surface area contributed by atoms with Crippen LogP contribution in [0.1, 0.15) is 37.1 Å². The first-order valence-corrected chi connectivity index (χ1v) is 12.2. The fourth-order valence-corrected chi connectivity index (χ4v) is 6.14. The fourth-order valence-electron chi connectivity index (χ4n) is 4.16. The number of aromatic amines is 1. The number of hydrogen-bond donors (Lipinski definition) is 2. The number of para-hydroxylation sites is 1. The van der Waals surface area contributed by atoms with Crippen LogP contribution in [0, 0.1) is 0 Å². The van der Waals surface area contributed by atoms with Crippen LogP contribution < -0.4 is 4.72 Å². The van der Waals surface area contributed by atoms with E-state index in [1.54, 1.807) is 6.07 Å². The van der Waals surface area contributed by atoms with Crippen molar-refractivity contribution in [3.8, 4) is 0 Å². The molecule has 2 aromatic heterocycles. The zero-order valence-electron chi connectivity index (χ0n) is 16.2. The Morgan fingerprint density at radius 3 is 2.50 bits per heavy atom. The van der Waals surface area contributed by atoms with Gasteiger partial charge in [-0.05, 0) is 42.0 Å². The maximum atomic E-state index is 11.8. The third-order valence-corrected chi connectivity index (χ3v) is 7.54. The first kappa shape index (κ1) is 19.0. The van der Waals surface area contributed by atoms with Gasteiger partial charge < -0.3 is 4.98 Å². The summed E-state index contributed by atoms with van der Waals surface area (Å²) in [6.07, 6.45) is 5.16. The van der Waals surface area contributed by atoms with Crippen LogP contribution in [0.25, 0.3) is 21.0 Å². The van der Waals surface area contributed by atoms with Gasteiger partial charge in [0.2, 0.25) is 10.0 Å². The third-order valence-electron chi connectivity index (χ3n) is 5.63. The third kappa shape index (κ3) is 3.10. The molecule has 0 saturated carbocycles. The first-order valence-electron chi connectivity index (χ1n) is 9.45. The zero-order valence-corrected chi connectivity index (χ0v) is 17.9. The van der Waals surface area contributed by atoms with Crippen LogP contribution in [-0.2, 0) is 15.4 Å². The number of benzene rings is 2. The molecule has 4 aromatic rings. The standard InChI is InChI=1S/C22H24N2O2S2/c1-4-22(5-2,20-13-15-9-6-7-12-19(15)27-20)17-14-23-21-16(17)10-8-11-18(21)24-28(3,25)26/h6-14,23-24H,4-5H2,1-3H3. The molecule has 0 unspecified atom stereocenters. The van der Waals surface area contributed by atoms with E-state index in [0.29, 0.717) is 5.69 Å². The zero-order chi connectivity index (χ0) is 19.9. The number of aromatic nitrogens is 1. The Balaban J connectivity index is 1.93. The highest BCUT2D eigenvalue weighted by molar-refractivity contribution is 7.92. The highest BCUT2D eigenvalue weighted by atomic mass is 32.2. The molecule has 0 atom stereocenters. The lowest BCUT2D eigenvalue weighted by atomic mass is 9.74. The minimum Gasteiger partial charge on any atom is -0.359 e. The van der Waals surface area contributed by atoms with E-state index in [-0.39, 0.29) is 5.41 Å². The molecule has 0 bridgehead atoms. The molecular weight excluding hydrogens is 388 g/mol. The summed E-state index contributed by atoms with van der Waals surface area (Å²) in [5, 5.41) is 2.34. The number of H-pyrrole nitrogens is 1. The number of rotatable bonds is 6. The molecule has 0 aliphatic carbocycles. The van der Waals surface area contributed by atoms with Gasteiger partial charge in [0.1, 0.15) is 0 Å². The highest BCUT2D eigenvalue weighted by Gasteiger charge is 2.35. The summed E-state index contributed by atoms with van der Waals surface area (Å²) in [5.74, 6) is 0. The maximum Gasteiger partial charge on any atom is 0.229 e. The lowest BCUT2D eigenvalue weighted by molar-refractivity contribution is 0.492. The van der Waals surface area contributed by atoms with Crippen LogP contribution in [0.2, 0.25) is 0 Å². The molecule has 0 spiro atoms. The second-order valence-electron chi connectivity index (χ2n) is 7.24. The molecule has 0 fully saturated rings. The fraction of sp³-hybridized carbons (Fsp3) is 0.273. The number of sulfonamides is 1. The van der Waals surface area contributed by atoms with Crippen LogP contribution in [-0.4, -0.2) is 19.7 Å². The molecule has 0 saturated heterocycles. The van der Waals surface area contributed by atoms with E-state index in [1.165, 1.54) is 26.8 Å². The van der Waals surface area contributed by atoms with Gasteiger partial charge in [-0.25, -0.2) is 8.42 Å². The van der Waals surface area contributed by atoms with E-state index in [1.807, 2.05) is 17.4 Å². The van der Waals surface area contributed by atoms with Crippen molar-refractivity contribution in [2.45, 2.75) is 32.1 Å². The molecule has 4 nitrogen and oxygen atoms in total. The highest BCUT2D eigenvalue weighted by Crippen LogP contribution is 2.46. The summed E-state index contributed by atoms with van der Waals surface area (Å²) in [5.41, 5.74) is 2.52. The molecule has 2 aromatic carbocycles. The van der Waals surface area contributed by atoms with Gasteiger partial charge in [0.05, 0.1) is 17.5 Å². The molecule has 146 valence electrons. The molecule has 28 heavy (non-hydrogen) atoms. The lowest BCUT2D eigenvalue weighted by Gasteiger charge is -2.31. The molecule has 2 N–H and O–H groups in total. The van der Waals surface area contributed by atoms with Crippen molar-refractivity contribution in [3.05, 3.63) is 65.2 Å². The quantitative estimate of drug-likeness (QED) is 0.417. The van der Waals surface area contributed by atoms with Gasteiger partial charge in [-0.2, -0.15) is 0 Å². The van der Waals surface area contributed by atoms with Gasteiger partial charge >= 0.3 is 0 Å². The summed E-state index contributed by atoms with van der Waals surface area (Å²) in [7, 11) is -3.34. The predicted octanol–water partition coefficient (Wildman–Crippen LogP) is 5.86. The molecule has 0 amide bonds. The Labute approximate surface area is 169 Å². The Hall–Kier alpha value is -2.31. The Morgan fingerprint density at radius 2 is 1.82 bits per heavy atom. The number of anilines is 1. The van der Waals surface area contributed by atoms with Gasteiger partial charge in [-0.1, -0.05) is 44.2 Å². The first-order chi connectivity index (χ1) is 13.4. The molecule has 0 aliphatic heterocycles. The second kappa shape index (κ2) is 6.94. The van der Waals surface area contributed by atoms with Crippen LogP contribution in [0.4, 0.5) is 5.69 Å². The van der Waals surface area contributed by atoms with E-state index < -0.39 is 10.0 Å². The monoisotopic (exact) mass is 412 g/mol. The Bertz CT molecular complexity index is 1220. The van der Waals surface area contributed by atoms with Crippen molar-refractivity contribution >= 4 is 48.0 Å².